The summed E-state index contributed by atoms with van der Waals surface area (Å²) < 4.78 is 5.26. The zero-order valence-corrected chi connectivity index (χ0v) is 16.2. The number of aliphatic hydroxyl groups excluding tert-OH is 1. The molecule has 26 heavy (non-hydrogen) atoms. The lowest BCUT2D eigenvalue weighted by Gasteiger charge is -2.16. The van der Waals surface area contributed by atoms with Crippen LogP contribution in [0.3, 0.4) is 0 Å². The molecule has 0 aliphatic heterocycles. The molecule has 0 aliphatic rings. The van der Waals surface area contributed by atoms with Crippen molar-refractivity contribution in [1.29, 1.82) is 0 Å². The van der Waals surface area contributed by atoms with Crippen molar-refractivity contribution >= 4 is 5.57 Å². The number of allylic oxidation sites excluding steroid dienone is 1. The topological polar surface area (TPSA) is 29.5 Å². The molecule has 0 saturated carbocycles. The first-order valence-corrected chi connectivity index (χ1v) is 9.81. The highest BCUT2D eigenvalue weighted by Crippen LogP contribution is 2.25. The van der Waals surface area contributed by atoms with Crippen LogP contribution >= 0.6 is 0 Å². The Morgan fingerprint density at radius 1 is 1.00 bits per heavy atom. The number of unbranched alkanes of at least 4 members (excludes halogenated alkanes) is 4. The second kappa shape index (κ2) is 11.5. The second-order valence-corrected chi connectivity index (χ2v) is 6.78. The number of benzene rings is 2. The monoisotopic (exact) mass is 352 g/mol. The van der Waals surface area contributed by atoms with Gasteiger partial charge in [-0.15, -0.1) is 0 Å². The summed E-state index contributed by atoms with van der Waals surface area (Å²) in [6.07, 6.45) is 9.37. The van der Waals surface area contributed by atoms with Crippen LogP contribution < -0.4 is 4.74 Å². The van der Waals surface area contributed by atoms with E-state index >= 15 is 0 Å². The molecule has 1 atom stereocenters. The van der Waals surface area contributed by atoms with Gasteiger partial charge in [0.1, 0.15) is 5.75 Å². The Morgan fingerprint density at radius 3 is 2.38 bits per heavy atom. The first-order valence-electron chi connectivity index (χ1n) is 9.81. The quantitative estimate of drug-likeness (QED) is 0.499. The molecule has 0 bridgehead atoms. The summed E-state index contributed by atoms with van der Waals surface area (Å²) in [5.74, 6) is 0.842. The molecule has 0 radical (unpaired) electrons. The van der Waals surface area contributed by atoms with Crippen LogP contribution in [0.4, 0.5) is 0 Å². The van der Waals surface area contributed by atoms with Gasteiger partial charge in [0.2, 0.25) is 0 Å². The average Bonchev–Trinajstić information content (AvgIpc) is 2.70. The smallest absolute Gasteiger partial charge is 0.118 e. The first kappa shape index (κ1) is 20.3. The van der Waals surface area contributed by atoms with Crippen molar-refractivity contribution in [3.63, 3.8) is 0 Å². The molecule has 0 amide bonds. The van der Waals surface area contributed by atoms with Crippen molar-refractivity contribution in [2.45, 2.75) is 58.0 Å². The lowest BCUT2D eigenvalue weighted by atomic mass is 9.94. The van der Waals surface area contributed by atoms with E-state index in [1.165, 1.54) is 31.2 Å². The number of methoxy groups -OCH3 is 1. The van der Waals surface area contributed by atoms with Crippen LogP contribution in [0.1, 0.15) is 56.6 Å². The summed E-state index contributed by atoms with van der Waals surface area (Å²) in [6, 6.07) is 18.4. The van der Waals surface area contributed by atoms with Gasteiger partial charge in [-0.1, -0.05) is 74.7 Å². The molecule has 0 aliphatic carbocycles. The molecule has 0 fully saturated rings. The van der Waals surface area contributed by atoms with Crippen molar-refractivity contribution in [2.75, 3.05) is 7.11 Å². The summed E-state index contributed by atoms with van der Waals surface area (Å²) >= 11 is 0. The fourth-order valence-corrected chi connectivity index (χ4v) is 3.16. The molecule has 2 aromatic rings. The van der Waals surface area contributed by atoms with Gasteiger partial charge in [0.15, 0.2) is 0 Å². The standard InChI is InChI=1S/C24H32O2/c1-3-4-5-6-10-13-23(21-15-17-22(26-2)18-16-21)24(25)19-14-20-11-8-7-9-12-20/h7-9,11-13,15-18,24-25H,3-6,10,14,19H2,1-2H3. The number of ether oxygens (including phenoxy) is 1. The molecular formula is C24H32O2. The zero-order chi connectivity index (χ0) is 18.6. The van der Waals surface area contributed by atoms with Gasteiger partial charge in [-0.05, 0) is 54.5 Å². The van der Waals surface area contributed by atoms with E-state index < -0.39 is 6.10 Å². The molecule has 2 aromatic carbocycles. The van der Waals surface area contributed by atoms with Crippen LogP contribution in [0.25, 0.3) is 5.57 Å². The molecule has 2 nitrogen and oxygen atoms in total. The molecule has 2 heteroatoms. The lowest BCUT2D eigenvalue weighted by molar-refractivity contribution is 0.222. The number of aryl methyl sites for hydroxylation is 1. The summed E-state index contributed by atoms with van der Waals surface area (Å²) in [5, 5.41) is 10.9. The summed E-state index contributed by atoms with van der Waals surface area (Å²) in [6.45, 7) is 2.23. The van der Waals surface area contributed by atoms with Gasteiger partial charge in [-0.2, -0.15) is 0 Å². The molecule has 0 spiro atoms. The third kappa shape index (κ3) is 6.68. The number of hydrogen-bond acceptors (Lipinski definition) is 2. The van der Waals surface area contributed by atoms with Crippen molar-refractivity contribution in [3.05, 3.63) is 71.8 Å². The maximum absolute atomic E-state index is 10.9. The third-order valence-corrected chi connectivity index (χ3v) is 4.75. The molecule has 1 N–H and O–H groups in total. The van der Waals surface area contributed by atoms with E-state index in [0.717, 1.165) is 36.1 Å². The SMILES string of the molecule is CCCCCCC=C(c1ccc(OC)cc1)C(O)CCc1ccccc1. The van der Waals surface area contributed by atoms with E-state index in [0.29, 0.717) is 0 Å². The van der Waals surface area contributed by atoms with Crippen LogP contribution in [0.2, 0.25) is 0 Å². The van der Waals surface area contributed by atoms with E-state index in [1.54, 1.807) is 7.11 Å². The fourth-order valence-electron chi connectivity index (χ4n) is 3.16. The van der Waals surface area contributed by atoms with Crippen molar-refractivity contribution in [2.24, 2.45) is 0 Å². The van der Waals surface area contributed by atoms with Crippen molar-refractivity contribution in [1.82, 2.24) is 0 Å². The van der Waals surface area contributed by atoms with Crippen LogP contribution in [-0.4, -0.2) is 18.3 Å². The Kier molecular flexibility index (Phi) is 8.99. The average molecular weight is 353 g/mol. The molecule has 1 unspecified atom stereocenters. The number of aliphatic hydroxyl groups is 1. The molecule has 140 valence electrons. The first-order chi connectivity index (χ1) is 12.7. The van der Waals surface area contributed by atoms with E-state index in [-0.39, 0.29) is 0 Å². The maximum Gasteiger partial charge on any atom is 0.118 e. The lowest BCUT2D eigenvalue weighted by Crippen LogP contribution is -2.11. The predicted molar refractivity (Wildman–Crippen MR) is 110 cm³/mol. The van der Waals surface area contributed by atoms with Gasteiger partial charge in [0.05, 0.1) is 13.2 Å². The Morgan fingerprint density at radius 2 is 1.73 bits per heavy atom. The van der Waals surface area contributed by atoms with Gasteiger partial charge in [-0.3, -0.25) is 0 Å². The maximum atomic E-state index is 10.9. The number of hydrogen-bond donors (Lipinski definition) is 1. The molecule has 0 aromatic heterocycles. The van der Waals surface area contributed by atoms with Crippen LogP contribution in [0.5, 0.6) is 5.75 Å². The van der Waals surface area contributed by atoms with Gasteiger partial charge >= 0.3 is 0 Å². The molecule has 0 heterocycles. The summed E-state index contributed by atoms with van der Waals surface area (Å²) in [4.78, 5) is 0. The predicted octanol–water partition coefficient (Wildman–Crippen LogP) is 6.04. The van der Waals surface area contributed by atoms with Gasteiger partial charge in [0.25, 0.3) is 0 Å². The molecule has 0 saturated heterocycles. The van der Waals surface area contributed by atoms with Gasteiger partial charge < -0.3 is 9.84 Å². The largest absolute Gasteiger partial charge is 0.497 e. The minimum Gasteiger partial charge on any atom is -0.497 e. The molecule has 2 rings (SSSR count). The summed E-state index contributed by atoms with van der Waals surface area (Å²) in [7, 11) is 1.67. The Labute approximate surface area is 158 Å². The van der Waals surface area contributed by atoms with E-state index in [1.807, 2.05) is 30.3 Å². The minimum absolute atomic E-state index is 0.449. The third-order valence-electron chi connectivity index (χ3n) is 4.75. The fraction of sp³-hybridized carbons (Fsp3) is 0.417. The van der Waals surface area contributed by atoms with Crippen molar-refractivity contribution in [3.8, 4) is 5.75 Å². The van der Waals surface area contributed by atoms with Gasteiger partial charge in [0, 0.05) is 0 Å². The van der Waals surface area contributed by atoms with Crippen LogP contribution in [-0.2, 0) is 6.42 Å². The van der Waals surface area contributed by atoms with E-state index in [2.05, 4.69) is 37.3 Å². The Hall–Kier alpha value is -2.06. The summed E-state index contributed by atoms with van der Waals surface area (Å²) in [5.41, 5.74) is 3.39. The van der Waals surface area contributed by atoms with Gasteiger partial charge in [-0.25, -0.2) is 0 Å². The normalized spacial score (nSPS) is 12.8. The highest BCUT2D eigenvalue weighted by atomic mass is 16.5. The Balaban J connectivity index is 2.06. The highest BCUT2D eigenvalue weighted by Gasteiger charge is 2.13. The molecular weight excluding hydrogens is 320 g/mol. The van der Waals surface area contributed by atoms with E-state index in [4.69, 9.17) is 4.74 Å². The van der Waals surface area contributed by atoms with Crippen LogP contribution in [0, 0.1) is 0 Å². The zero-order valence-electron chi connectivity index (χ0n) is 16.2. The van der Waals surface area contributed by atoms with E-state index in [9.17, 15) is 5.11 Å². The van der Waals surface area contributed by atoms with Crippen LogP contribution in [0.15, 0.2) is 60.7 Å². The Bertz CT molecular complexity index is 644. The van der Waals surface area contributed by atoms with Crippen molar-refractivity contribution < 1.29 is 9.84 Å². The minimum atomic E-state index is -0.449. The highest BCUT2D eigenvalue weighted by molar-refractivity contribution is 5.69. The number of rotatable bonds is 11. The second-order valence-electron chi connectivity index (χ2n) is 6.78.